The monoisotopic (exact) mass is 257 g/mol. The Hall–Kier alpha value is -0.670. The molecular formula is C14H21F2NO. The van der Waals surface area contributed by atoms with Crippen molar-refractivity contribution in [2.24, 2.45) is 11.3 Å². The van der Waals surface area contributed by atoms with Crippen LogP contribution in [0.25, 0.3) is 0 Å². The molecule has 1 atom stereocenters. The Bertz CT molecular complexity index is 342. The van der Waals surface area contributed by atoms with Crippen LogP contribution < -0.4 is 0 Å². The summed E-state index contributed by atoms with van der Waals surface area (Å²) in [6, 6.07) is 0. The normalized spacial score (nSPS) is 33.4. The summed E-state index contributed by atoms with van der Waals surface area (Å²) in [7, 11) is 0. The molecule has 102 valence electrons. The number of hydrogen-bond acceptors (Lipinski definition) is 1. The van der Waals surface area contributed by atoms with Crippen molar-refractivity contribution in [2.45, 2.75) is 57.3 Å². The van der Waals surface area contributed by atoms with Crippen LogP contribution in [-0.4, -0.2) is 29.8 Å². The van der Waals surface area contributed by atoms with Crippen molar-refractivity contribution in [3.05, 3.63) is 0 Å². The summed E-state index contributed by atoms with van der Waals surface area (Å²) in [4.78, 5) is 13.9. The third kappa shape index (κ3) is 1.94. The molecule has 0 N–H and O–H groups in total. The molecule has 0 aromatic carbocycles. The number of carbonyl (C=O) groups excluding carboxylic acids is 1. The van der Waals surface area contributed by atoms with Gasteiger partial charge in [-0.05, 0) is 43.9 Å². The fourth-order valence-corrected chi connectivity index (χ4v) is 3.83. The summed E-state index contributed by atoms with van der Waals surface area (Å²) >= 11 is 0. The molecular weight excluding hydrogens is 236 g/mol. The van der Waals surface area contributed by atoms with E-state index in [9.17, 15) is 13.6 Å². The number of amides is 1. The van der Waals surface area contributed by atoms with Gasteiger partial charge in [0.05, 0.1) is 0 Å². The number of piperidine rings is 1. The summed E-state index contributed by atoms with van der Waals surface area (Å²) < 4.78 is 27.2. The fraction of sp³-hybridized carbons (Fsp3) is 0.929. The lowest BCUT2D eigenvalue weighted by atomic mass is 9.63. The van der Waals surface area contributed by atoms with Crippen molar-refractivity contribution in [1.82, 2.24) is 4.90 Å². The van der Waals surface area contributed by atoms with Gasteiger partial charge in [0, 0.05) is 19.5 Å². The molecule has 4 heteroatoms. The van der Waals surface area contributed by atoms with Crippen LogP contribution in [0.1, 0.15) is 51.4 Å². The van der Waals surface area contributed by atoms with Gasteiger partial charge in [-0.3, -0.25) is 4.79 Å². The predicted molar refractivity (Wildman–Crippen MR) is 64.4 cm³/mol. The Kier molecular flexibility index (Phi) is 2.87. The van der Waals surface area contributed by atoms with Crippen LogP contribution in [0.5, 0.6) is 0 Å². The van der Waals surface area contributed by atoms with E-state index in [1.807, 2.05) is 0 Å². The summed E-state index contributed by atoms with van der Waals surface area (Å²) in [5.74, 6) is -4.08. The van der Waals surface area contributed by atoms with Crippen molar-refractivity contribution in [1.29, 1.82) is 0 Å². The molecule has 2 nitrogen and oxygen atoms in total. The number of rotatable bonds is 1. The van der Waals surface area contributed by atoms with E-state index < -0.39 is 11.8 Å². The largest absolute Gasteiger partial charge is 0.342 e. The molecule has 3 aliphatic rings. The Labute approximate surface area is 107 Å². The zero-order chi connectivity index (χ0) is 12.8. The molecule has 1 unspecified atom stereocenters. The molecule has 3 rings (SSSR count). The first-order valence-electron chi connectivity index (χ1n) is 7.19. The van der Waals surface area contributed by atoms with Crippen LogP contribution in [0.3, 0.4) is 0 Å². The Morgan fingerprint density at radius 2 is 1.67 bits per heavy atom. The minimum absolute atomic E-state index is 0.110. The average Bonchev–Trinajstić information content (AvgIpc) is 2.66. The number of nitrogens with zero attached hydrogens (tertiary/aromatic N) is 1. The second-order valence-electron chi connectivity index (χ2n) is 6.38. The molecule has 18 heavy (non-hydrogen) atoms. The van der Waals surface area contributed by atoms with Crippen molar-refractivity contribution in [2.75, 3.05) is 13.1 Å². The second-order valence-corrected chi connectivity index (χ2v) is 6.38. The lowest BCUT2D eigenvalue weighted by Gasteiger charge is -2.48. The minimum atomic E-state index is -2.76. The van der Waals surface area contributed by atoms with E-state index in [2.05, 4.69) is 0 Å². The average molecular weight is 257 g/mol. The predicted octanol–water partition coefficient (Wildman–Crippen LogP) is 3.21. The Morgan fingerprint density at radius 3 is 2.11 bits per heavy atom. The summed E-state index contributed by atoms with van der Waals surface area (Å²) in [6.45, 7) is 1.40. The third-order valence-corrected chi connectivity index (χ3v) is 5.36. The number of halogens is 2. The van der Waals surface area contributed by atoms with Gasteiger partial charge in [-0.2, -0.15) is 0 Å². The first kappa shape index (κ1) is 12.4. The van der Waals surface area contributed by atoms with Gasteiger partial charge in [0.2, 0.25) is 5.91 Å². The van der Waals surface area contributed by atoms with E-state index in [4.69, 9.17) is 0 Å². The maximum absolute atomic E-state index is 13.6. The highest BCUT2D eigenvalue weighted by atomic mass is 19.3. The standard InChI is InChI=1S/C14H21F2NO/c15-14(16)6-1-3-11(14)12(18)17-9-7-13(8-10-17)4-2-5-13/h11H,1-10H2. The van der Waals surface area contributed by atoms with E-state index in [-0.39, 0.29) is 12.3 Å². The van der Waals surface area contributed by atoms with Gasteiger partial charge < -0.3 is 4.90 Å². The highest BCUT2D eigenvalue weighted by Crippen LogP contribution is 2.49. The molecule has 2 saturated carbocycles. The summed E-state index contributed by atoms with van der Waals surface area (Å²) in [5.41, 5.74) is 0.467. The van der Waals surface area contributed by atoms with Crippen LogP contribution in [0.15, 0.2) is 0 Å². The van der Waals surface area contributed by atoms with E-state index in [1.54, 1.807) is 4.90 Å². The number of alkyl halides is 2. The zero-order valence-corrected chi connectivity index (χ0v) is 10.8. The molecule has 1 heterocycles. The number of hydrogen-bond donors (Lipinski definition) is 0. The van der Waals surface area contributed by atoms with Gasteiger partial charge in [-0.1, -0.05) is 6.42 Å². The van der Waals surface area contributed by atoms with E-state index >= 15 is 0 Å². The highest BCUT2D eigenvalue weighted by molar-refractivity contribution is 5.80. The second kappa shape index (κ2) is 4.17. The molecule has 0 aromatic heterocycles. The molecule has 2 aliphatic carbocycles. The van der Waals surface area contributed by atoms with Crippen LogP contribution in [0.2, 0.25) is 0 Å². The summed E-state index contributed by atoms with van der Waals surface area (Å²) in [6.07, 6.45) is 6.64. The molecule has 0 aromatic rings. The minimum Gasteiger partial charge on any atom is -0.342 e. The fourth-order valence-electron chi connectivity index (χ4n) is 3.83. The number of carbonyl (C=O) groups is 1. The molecule has 1 saturated heterocycles. The van der Waals surface area contributed by atoms with Crippen LogP contribution in [0.4, 0.5) is 8.78 Å². The van der Waals surface area contributed by atoms with E-state index in [1.165, 1.54) is 19.3 Å². The van der Waals surface area contributed by atoms with Gasteiger partial charge >= 0.3 is 0 Å². The van der Waals surface area contributed by atoms with Crippen molar-refractivity contribution < 1.29 is 13.6 Å². The van der Waals surface area contributed by atoms with Gasteiger partial charge in [-0.15, -0.1) is 0 Å². The first-order valence-corrected chi connectivity index (χ1v) is 7.19. The molecule has 1 spiro atoms. The molecule has 0 bridgehead atoms. The maximum atomic E-state index is 13.6. The number of likely N-dealkylation sites (tertiary alicyclic amines) is 1. The van der Waals surface area contributed by atoms with Gasteiger partial charge in [0.1, 0.15) is 5.92 Å². The molecule has 0 radical (unpaired) electrons. The smallest absolute Gasteiger partial charge is 0.259 e. The lowest BCUT2D eigenvalue weighted by Crippen LogP contribution is -2.49. The third-order valence-electron chi connectivity index (χ3n) is 5.36. The Morgan fingerprint density at radius 1 is 1.00 bits per heavy atom. The van der Waals surface area contributed by atoms with Crippen LogP contribution >= 0.6 is 0 Å². The van der Waals surface area contributed by atoms with Crippen molar-refractivity contribution in [3.8, 4) is 0 Å². The van der Waals surface area contributed by atoms with E-state index in [0.29, 0.717) is 31.3 Å². The molecule has 1 amide bonds. The highest BCUT2D eigenvalue weighted by Gasteiger charge is 2.50. The quantitative estimate of drug-likeness (QED) is 0.706. The zero-order valence-electron chi connectivity index (χ0n) is 10.8. The van der Waals surface area contributed by atoms with E-state index in [0.717, 1.165) is 12.8 Å². The lowest BCUT2D eigenvalue weighted by molar-refractivity contribution is -0.150. The van der Waals surface area contributed by atoms with Gasteiger partial charge in [0.25, 0.3) is 5.92 Å². The van der Waals surface area contributed by atoms with Crippen LogP contribution in [0, 0.1) is 11.3 Å². The van der Waals surface area contributed by atoms with Crippen LogP contribution in [-0.2, 0) is 4.79 Å². The first-order chi connectivity index (χ1) is 8.53. The maximum Gasteiger partial charge on any atom is 0.259 e. The SMILES string of the molecule is O=C(C1CCCC1(F)F)N1CCC2(CCC2)CC1. The summed E-state index contributed by atoms with van der Waals surface area (Å²) in [5, 5.41) is 0. The van der Waals surface area contributed by atoms with Gasteiger partial charge in [0.15, 0.2) is 0 Å². The molecule has 3 fully saturated rings. The topological polar surface area (TPSA) is 20.3 Å². The molecule has 1 aliphatic heterocycles. The van der Waals surface area contributed by atoms with Crippen molar-refractivity contribution in [3.63, 3.8) is 0 Å². The van der Waals surface area contributed by atoms with Crippen molar-refractivity contribution >= 4 is 5.91 Å². The van der Waals surface area contributed by atoms with Gasteiger partial charge in [-0.25, -0.2) is 8.78 Å². The Balaban J connectivity index is 1.60.